The molecule has 6 rings (SSSR count). The number of aromatic nitrogens is 2. The third kappa shape index (κ3) is 7.61. The fourth-order valence-corrected chi connectivity index (χ4v) is 7.72. The standard InChI is InChI=1S/C36H39ClN4O3S/c37-31-12-6-4-8-27(31)18-19-33(42)28-16-14-26(15-17-28)24-41-35(44)30-11-5-7-13-32(30)38-36(41)45-25-34(43)40-22-20-39(21-23-40)29-9-2-1-3-10-29/h1-13,26,28H,14-25H2. The molecule has 1 saturated heterocycles. The molecule has 1 amide bonds. The van der Waals surface area contributed by atoms with Gasteiger partial charge in [-0.25, -0.2) is 4.98 Å². The number of carbonyl (C=O) groups is 2. The van der Waals surface area contributed by atoms with Crippen LogP contribution in [-0.4, -0.2) is 58.1 Å². The molecule has 2 heterocycles. The molecule has 9 heteroatoms. The molecule has 234 valence electrons. The van der Waals surface area contributed by atoms with E-state index in [4.69, 9.17) is 16.6 Å². The monoisotopic (exact) mass is 642 g/mol. The van der Waals surface area contributed by atoms with E-state index in [-0.39, 0.29) is 29.1 Å². The van der Waals surface area contributed by atoms with Gasteiger partial charge in [0.05, 0.1) is 16.7 Å². The van der Waals surface area contributed by atoms with Crippen LogP contribution in [0.3, 0.4) is 0 Å². The van der Waals surface area contributed by atoms with Gasteiger partial charge in [0.25, 0.3) is 5.56 Å². The fourth-order valence-electron chi connectivity index (χ4n) is 6.58. The number of anilines is 1. The SMILES string of the molecule is O=C(CCc1ccccc1Cl)C1CCC(Cn2c(SCC(=O)N3CCN(c4ccccc4)CC3)nc3ccccc3c2=O)CC1. The predicted octanol–water partition coefficient (Wildman–Crippen LogP) is 6.50. The zero-order valence-corrected chi connectivity index (χ0v) is 27.0. The Balaban J connectivity index is 1.07. The molecular weight excluding hydrogens is 604 g/mol. The summed E-state index contributed by atoms with van der Waals surface area (Å²) < 4.78 is 1.78. The van der Waals surface area contributed by atoms with Crippen LogP contribution >= 0.6 is 23.4 Å². The minimum atomic E-state index is -0.0648. The van der Waals surface area contributed by atoms with Crippen molar-refractivity contribution in [3.05, 3.63) is 99.8 Å². The molecule has 2 fully saturated rings. The Morgan fingerprint density at radius 2 is 1.53 bits per heavy atom. The first-order valence-corrected chi connectivity index (χ1v) is 17.3. The van der Waals surface area contributed by atoms with E-state index in [2.05, 4.69) is 17.0 Å². The van der Waals surface area contributed by atoms with Gasteiger partial charge in [0.15, 0.2) is 5.16 Å². The van der Waals surface area contributed by atoms with Gasteiger partial charge in [-0.15, -0.1) is 0 Å². The van der Waals surface area contributed by atoms with E-state index in [0.717, 1.165) is 44.3 Å². The van der Waals surface area contributed by atoms with E-state index < -0.39 is 0 Å². The molecule has 1 aliphatic heterocycles. The van der Waals surface area contributed by atoms with Gasteiger partial charge >= 0.3 is 0 Å². The predicted molar refractivity (Wildman–Crippen MR) is 182 cm³/mol. The van der Waals surface area contributed by atoms with Crippen molar-refractivity contribution in [1.82, 2.24) is 14.5 Å². The van der Waals surface area contributed by atoms with Crippen molar-refractivity contribution in [2.24, 2.45) is 11.8 Å². The Labute approximate surface area is 273 Å². The molecule has 7 nitrogen and oxygen atoms in total. The molecule has 0 N–H and O–H groups in total. The summed E-state index contributed by atoms with van der Waals surface area (Å²) in [6.45, 7) is 3.48. The summed E-state index contributed by atoms with van der Waals surface area (Å²) >= 11 is 7.65. The highest BCUT2D eigenvalue weighted by Crippen LogP contribution is 2.32. The van der Waals surface area contributed by atoms with Crippen LogP contribution in [0.25, 0.3) is 10.9 Å². The molecule has 1 aromatic heterocycles. The second-order valence-electron chi connectivity index (χ2n) is 12.1. The lowest BCUT2D eigenvalue weighted by atomic mass is 9.79. The van der Waals surface area contributed by atoms with Crippen LogP contribution in [-0.2, 0) is 22.6 Å². The minimum absolute atomic E-state index is 0.0593. The third-order valence-electron chi connectivity index (χ3n) is 9.25. The van der Waals surface area contributed by atoms with Gasteiger partial charge in [-0.2, -0.15) is 0 Å². The van der Waals surface area contributed by atoms with Crippen LogP contribution in [0.5, 0.6) is 0 Å². The maximum absolute atomic E-state index is 13.7. The van der Waals surface area contributed by atoms with Gasteiger partial charge < -0.3 is 9.80 Å². The summed E-state index contributed by atoms with van der Waals surface area (Å²) in [5.74, 6) is 0.946. The Hall–Kier alpha value is -3.62. The summed E-state index contributed by atoms with van der Waals surface area (Å²) in [7, 11) is 0. The molecule has 0 bridgehead atoms. The van der Waals surface area contributed by atoms with Gasteiger partial charge in [-0.05, 0) is 73.9 Å². The Kier molecular flexibility index (Phi) is 10.2. The quantitative estimate of drug-likeness (QED) is 0.145. The highest BCUT2D eigenvalue weighted by atomic mass is 35.5. The van der Waals surface area contributed by atoms with Crippen LogP contribution in [0.4, 0.5) is 5.69 Å². The largest absolute Gasteiger partial charge is 0.368 e. The molecule has 0 atom stereocenters. The van der Waals surface area contributed by atoms with Crippen molar-refractivity contribution in [2.75, 3.05) is 36.8 Å². The maximum Gasteiger partial charge on any atom is 0.262 e. The average molecular weight is 643 g/mol. The number of hydrogen-bond acceptors (Lipinski definition) is 6. The zero-order valence-electron chi connectivity index (χ0n) is 25.4. The lowest BCUT2D eigenvalue weighted by molar-refractivity contribution is -0.128. The van der Waals surface area contributed by atoms with E-state index >= 15 is 0 Å². The molecule has 1 aliphatic carbocycles. The highest BCUT2D eigenvalue weighted by Gasteiger charge is 2.28. The Morgan fingerprint density at radius 1 is 0.844 bits per heavy atom. The lowest BCUT2D eigenvalue weighted by Gasteiger charge is -2.36. The number of aryl methyl sites for hydroxylation is 1. The normalized spacial score (nSPS) is 18.7. The highest BCUT2D eigenvalue weighted by molar-refractivity contribution is 7.99. The fraction of sp³-hybridized carbons (Fsp3) is 0.389. The first-order chi connectivity index (χ1) is 22.0. The number of ketones is 1. The number of piperazine rings is 1. The van der Waals surface area contributed by atoms with Gasteiger partial charge in [0, 0.05) is 55.8 Å². The Morgan fingerprint density at radius 3 is 2.29 bits per heavy atom. The van der Waals surface area contributed by atoms with Crippen molar-refractivity contribution < 1.29 is 9.59 Å². The topological polar surface area (TPSA) is 75.5 Å². The number of nitrogens with zero attached hydrogens (tertiary/aromatic N) is 4. The molecule has 3 aromatic carbocycles. The van der Waals surface area contributed by atoms with Crippen LogP contribution in [0, 0.1) is 11.8 Å². The number of amides is 1. The molecule has 0 radical (unpaired) electrons. The summed E-state index contributed by atoms with van der Waals surface area (Å²) in [5, 5.41) is 1.89. The van der Waals surface area contributed by atoms with E-state index in [1.54, 1.807) is 4.57 Å². The number of halogens is 1. The summed E-state index contributed by atoms with van der Waals surface area (Å²) in [6, 6.07) is 25.4. The smallest absolute Gasteiger partial charge is 0.262 e. The van der Waals surface area contributed by atoms with E-state index in [0.29, 0.717) is 59.3 Å². The van der Waals surface area contributed by atoms with E-state index in [1.807, 2.05) is 71.6 Å². The number of fused-ring (bicyclic) bond motifs is 1. The number of benzene rings is 3. The molecule has 0 unspecified atom stereocenters. The lowest BCUT2D eigenvalue weighted by Crippen LogP contribution is -2.49. The van der Waals surface area contributed by atoms with Crippen LogP contribution < -0.4 is 10.5 Å². The second kappa shape index (κ2) is 14.6. The number of Topliss-reactive ketones (excluding diaryl/α,β-unsaturated/α-hetero) is 1. The van der Waals surface area contributed by atoms with E-state index in [9.17, 15) is 14.4 Å². The molecular formula is C36H39ClN4O3S. The van der Waals surface area contributed by atoms with Crippen molar-refractivity contribution in [1.29, 1.82) is 0 Å². The Bertz CT molecular complexity index is 1700. The molecule has 2 aliphatic rings. The number of hydrogen-bond donors (Lipinski definition) is 0. The van der Waals surface area contributed by atoms with Gasteiger partial charge in [-0.3, -0.25) is 19.0 Å². The second-order valence-corrected chi connectivity index (χ2v) is 13.4. The number of para-hydroxylation sites is 2. The first-order valence-electron chi connectivity index (χ1n) is 15.9. The van der Waals surface area contributed by atoms with E-state index in [1.165, 1.54) is 17.4 Å². The van der Waals surface area contributed by atoms with Crippen molar-refractivity contribution in [3.63, 3.8) is 0 Å². The molecule has 45 heavy (non-hydrogen) atoms. The van der Waals surface area contributed by atoms with Gasteiger partial charge in [-0.1, -0.05) is 71.9 Å². The van der Waals surface area contributed by atoms with Gasteiger partial charge in [0.1, 0.15) is 5.78 Å². The van der Waals surface area contributed by atoms with Crippen LogP contribution in [0.2, 0.25) is 5.02 Å². The average Bonchev–Trinajstić information content (AvgIpc) is 3.09. The minimum Gasteiger partial charge on any atom is -0.368 e. The van der Waals surface area contributed by atoms with Gasteiger partial charge in [0.2, 0.25) is 5.91 Å². The molecule has 0 spiro atoms. The maximum atomic E-state index is 13.7. The number of thioether (sulfide) groups is 1. The summed E-state index contributed by atoms with van der Waals surface area (Å²) in [6.07, 6.45) is 4.60. The first kappa shape index (κ1) is 31.4. The third-order valence-corrected chi connectivity index (χ3v) is 10.6. The summed E-state index contributed by atoms with van der Waals surface area (Å²) in [4.78, 5) is 49.1. The van der Waals surface area contributed by atoms with Crippen molar-refractivity contribution in [2.45, 2.75) is 50.2 Å². The van der Waals surface area contributed by atoms with Crippen molar-refractivity contribution >= 4 is 51.6 Å². The van der Waals surface area contributed by atoms with Crippen LogP contribution in [0.15, 0.2) is 88.8 Å². The zero-order chi connectivity index (χ0) is 31.2. The number of rotatable bonds is 10. The molecule has 4 aromatic rings. The van der Waals surface area contributed by atoms with Crippen molar-refractivity contribution in [3.8, 4) is 0 Å². The number of carbonyl (C=O) groups excluding carboxylic acids is 2. The molecule has 1 saturated carbocycles. The summed E-state index contributed by atoms with van der Waals surface area (Å²) in [5.41, 5.74) is 2.78. The van der Waals surface area contributed by atoms with Crippen LogP contribution in [0.1, 0.15) is 37.7 Å².